The number of nitrogens with one attached hydrogen (secondary N) is 1. The molecule has 0 saturated heterocycles. The molecule has 130 valence electrons. The molecule has 0 aliphatic rings. The van der Waals surface area contributed by atoms with Crippen LogP contribution in [0.25, 0.3) is 5.57 Å². The molecule has 0 heterocycles. The Bertz CT molecular complexity index is 770. The van der Waals surface area contributed by atoms with E-state index in [4.69, 9.17) is 11.1 Å². The summed E-state index contributed by atoms with van der Waals surface area (Å²) in [6.07, 6.45) is 11.2. The van der Waals surface area contributed by atoms with Crippen molar-refractivity contribution in [2.24, 2.45) is 10.7 Å². The Labute approximate surface area is 151 Å². The summed E-state index contributed by atoms with van der Waals surface area (Å²) in [6.45, 7) is 11.8. The van der Waals surface area contributed by atoms with Crippen LogP contribution < -0.4 is 5.73 Å². The van der Waals surface area contributed by atoms with Gasteiger partial charge in [-0.2, -0.15) is 0 Å². The van der Waals surface area contributed by atoms with Crippen LogP contribution in [0, 0.1) is 12.3 Å². The molecule has 0 saturated carbocycles. The highest BCUT2D eigenvalue weighted by molar-refractivity contribution is 6.11. The number of nitrogens with two attached hydrogens (primary N) is 1. The van der Waals surface area contributed by atoms with Crippen molar-refractivity contribution in [3.8, 4) is 0 Å². The minimum Gasteiger partial charge on any atom is -0.383 e. The number of benzene rings is 1. The van der Waals surface area contributed by atoms with Crippen molar-refractivity contribution in [1.82, 2.24) is 0 Å². The van der Waals surface area contributed by atoms with Gasteiger partial charge in [0.25, 0.3) is 0 Å². The molecule has 3 N–H and O–H groups in total. The lowest BCUT2D eigenvalue weighted by Crippen LogP contribution is -2.16. The molecule has 0 atom stereocenters. The molecule has 0 unspecified atom stereocenters. The summed E-state index contributed by atoms with van der Waals surface area (Å²) in [5.41, 5.74) is 10.7. The summed E-state index contributed by atoms with van der Waals surface area (Å²) < 4.78 is 0. The monoisotopic (exact) mass is 333 g/mol. The van der Waals surface area contributed by atoms with Gasteiger partial charge < -0.3 is 5.73 Å². The molecule has 1 aromatic carbocycles. The lowest BCUT2D eigenvalue weighted by atomic mass is 10.0. The second kappa shape index (κ2) is 10.0. The van der Waals surface area contributed by atoms with Gasteiger partial charge in [0.15, 0.2) is 5.84 Å². The van der Waals surface area contributed by atoms with Crippen LogP contribution in [0.4, 0.5) is 0 Å². The Morgan fingerprint density at radius 3 is 2.12 bits per heavy atom. The fraction of sp³-hybridized carbons (Fsp3) is 0.182. The molecule has 0 bridgehead atoms. The fourth-order valence-electron chi connectivity index (χ4n) is 2.12. The van der Waals surface area contributed by atoms with Gasteiger partial charge in [-0.1, -0.05) is 72.9 Å². The van der Waals surface area contributed by atoms with Crippen molar-refractivity contribution in [3.63, 3.8) is 0 Å². The number of allylic oxidation sites excluding steroid dienone is 5. The molecule has 25 heavy (non-hydrogen) atoms. The zero-order valence-electron chi connectivity index (χ0n) is 15.5. The first-order valence-electron chi connectivity index (χ1n) is 8.25. The third-order valence-electron chi connectivity index (χ3n) is 3.66. The maximum Gasteiger partial charge on any atom is 0.153 e. The second-order valence-electron chi connectivity index (χ2n) is 5.56. The molecule has 0 spiro atoms. The highest BCUT2D eigenvalue weighted by atomic mass is 14.9. The lowest BCUT2D eigenvalue weighted by molar-refractivity contribution is 1.39. The van der Waals surface area contributed by atoms with Crippen LogP contribution >= 0.6 is 0 Å². The quantitative estimate of drug-likeness (QED) is 0.410. The summed E-state index contributed by atoms with van der Waals surface area (Å²) in [5.74, 6) is 0.451. The van der Waals surface area contributed by atoms with E-state index in [-0.39, 0.29) is 5.84 Å². The third-order valence-corrected chi connectivity index (χ3v) is 3.66. The number of amidine groups is 2. The Balaban J connectivity index is 2.94. The summed E-state index contributed by atoms with van der Waals surface area (Å²) in [6, 6.07) is 8.20. The van der Waals surface area contributed by atoms with Crippen LogP contribution in [-0.4, -0.2) is 11.7 Å². The van der Waals surface area contributed by atoms with Crippen molar-refractivity contribution in [1.29, 1.82) is 5.41 Å². The highest BCUT2D eigenvalue weighted by Gasteiger charge is 2.03. The van der Waals surface area contributed by atoms with Gasteiger partial charge in [0.1, 0.15) is 5.84 Å². The minimum atomic E-state index is 0.142. The predicted molar refractivity (Wildman–Crippen MR) is 111 cm³/mol. The van der Waals surface area contributed by atoms with Crippen molar-refractivity contribution in [2.75, 3.05) is 0 Å². The average molecular weight is 333 g/mol. The maximum absolute atomic E-state index is 8.06. The lowest BCUT2D eigenvalue weighted by Gasteiger charge is -2.05. The van der Waals surface area contributed by atoms with E-state index in [1.54, 1.807) is 0 Å². The first kappa shape index (κ1) is 20.1. The SMILES string of the molecule is C=C(/C=C\C(=C/C)C(N)=NC(=N)C(/C=C\C)=C/C)c1ccc(C)cc1. The maximum atomic E-state index is 8.06. The van der Waals surface area contributed by atoms with Gasteiger partial charge >= 0.3 is 0 Å². The Hall–Kier alpha value is -2.94. The van der Waals surface area contributed by atoms with Crippen LogP contribution in [0.15, 0.2) is 83.4 Å². The van der Waals surface area contributed by atoms with E-state index in [1.807, 2.05) is 69.4 Å². The molecular weight excluding hydrogens is 306 g/mol. The van der Waals surface area contributed by atoms with Gasteiger partial charge in [0, 0.05) is 11.1 Å². The van der Waals surface area contributed by atoms with Crippen molar-refractivity contribution >= 4 is 17.2 Å². The first-order chi connectivity index (χ1) is 11.9. The summed E-state index contributed by atoms with van der Waals surface area (Å²) in [5, 5.41) is 8.06. The van der Waals surface area contributed by atoms with Crippen molar-refractivity contribution in [2.45, 2.75) is 27.7 Å². The van der Waals surface area contributed by atoms with Gasteiger partial charge in [-0.15, -0.1) is 0 Å². The first-order valence-corrected chi connectivity index (χ1v) is 8.25. The van der Waals surface area contributed by atoms with Gasteiger partial charge in [-0.25, -0.2) is 4.99 Å². The second-order valence-corrected chi connectivity index (χ2v) is 5.56. The van der Waals surface area contributed by atoms with E-state index < -0.39 is 0 Å². The molecule has 0 aliphatic heterocycles. The van der Waals surface area contributed by atoms with Crippen LogP contribution in [0.2, 0.25) is 0 Å². The molecule has 0 amide bonds. The van der Waals surface area contributed by atoms with Crippen LogP contribution in [0.1, 0.15) is 31.9 Å². The van der Waals surface area contributed by atoms with Gasteiger partial charge in [0.2, 0.25) is 0 Å². The molecule has 0 radical (unpaired) electrons. The zero-order valence-corrected chi connectivity index (χ0v) is 15.5. The van der Waals surface area contributed by atoms with E-state index in [0.29, 0.717) is 5.84 Å². The van der Waals surface area contributed by atoms with Crippen LogP contribution in [0.3, 0.4) is 0 Å². The number of hydrogen-bond acceptors (Lipinski definition) is 1. The predicted octanol–water partition coefficient (Wildman–Crippen LogP) is 5.37. The number of aryl methyl sites for hydroxylation is 1. The summed E-state index contributed by atoms with van der Waals surface area (Å²) in [4.78, 5) is 4.21. The average Bonchev–Trinajstić information content (AvgIpc) is 2.60. The van der Waals surface area contributed by atoms with Gasteiger partial charge in [-0.3, -0.25) is 5.41 Å². The normalized spacial score (nSPS) is 13.7. The largest absolute Gasteiger partial charge is 0.383 e. The molecular formula is C22H27N3. The Morgan fingerprint density at radius 1 is 1.00 bits per heavy atom. The van der Waals surface area contributed by atoms with Crippen LogP contribution in [-0.2, 0) is 0 Å². The molecule has 1 aromatic rings. The molecule has 0 aromatic heterocycles. The van der Waals surface area contributed by atoms with Crippen molar-refractivity contribution in [3.05, 3.63) is 89.6 Å². The smallest absolute Gasteiger partial charge is 0.153 e. The number of aliphatic imine (C=N–C) groups is 1. The number of hydrogen-bond donors (Lipinski definition) is 2. The van der Waals surface area contributed by atoms with Crippen molar-refractivity contribution < 1.29 is 0 Å². The Kier molecular flexibility index (Phi) is 8.07. The van der Waals surface area contributed by atoms with E-state index in [1.165, 1.54) is 5.56 Å². The number of nitrogens with zero attached hydrogens (tertiary/aromatic N) is 1. The van der Waals surface area contributed by atoms with E-state index in [2.05, 4.69) is 30.6 Å². The van der Waals surface area contributed by atoms with E-state index >= 15 is 0 Å². The Morgan fingerprint density at radius 2 is 1.60 bits per heavy atom. The molecule has 3 heteroatoms. The topological polar surface area (TPSA) is 62.2 Å². The highest BCUT2D eigenvalue weighted by Crippen LogP contribution is 2.15. The van der Waals surface area contributed by atoms with E-state index in [0.717, 1.165) is 22.3 Å². The van der Waals surface area contributed by atoms with Crippen LogP contribution in [0.5, 0.6) is 0 Å². The summed E-state index contributed by atoms with van der Waals surface area (Å²) >= 11 is 0. The molecule has 3 nitrogen and oxygen atoms in total. The molecule has 0 fully saturated rings. The molecule has 1 rings (SSSR count). The standard InChI is InChI=1S/C22H27N3/c1-6-9-18(7-2)21(23)25-22(24)19(8-3)15-12-17(5)20-13-10-16(4)11-14-20/h6-15H,5H2,1-4H3,(H3,23,24,25)/b9-6-,15-12-,18-7+,19-8+. The molecule has 0 aliphatic carbocycles. The van der Waals surface area contributed by atoms with Gasteiger partial charge in [0.05, 0.1) is 0 Å². The van der Waals surface area contributed by atoms with Gasteiger partial charge in [-0.05, 0) is 38.8 Å². The fourth-order valence-corrected chi connectivity index (χ4v) is 2.12. The minimum absolute atomic E-state index is 0.142. The number of rotatable bonds is 6. The third kappa shape index (κ3) is 6.22. The summed E-state index contributed by atoms with van der Waals surface area (Å²) in [7, 11) is 0. The van der Waals surface area contributed by atoms with E-state index in [9.17, 15) is 0 Å². The zero-order chi connectivity index (χ0) is 18.8.